The number of aliphatic hydroxyl groups excluding tert-OH is 3. The third-order valence-corrected chi connectivity index (χ3v) is 15.5. The highest BCUT2D eigenvalue weighted by Crippen LogP contribution is 2.40. The molecule has 0 saturated carbocycles. The van der Waals surface area contributed by atoms with Crippen LogP contribution in [0.1, 0.15) is 70.3 Å². The smallest absolute Gasteiger partial charge is 0.279 e. The van der Waals surface area contributed by atoms with Crippen molar-refractivity contribution in [3.8, 4) is 10.4 Å². The number of likely N-dealkylation sites (N-methyl/N-ethyl adjacent to an activating group) is 1. The molecule has 7 N–H and O–H groups in total. The topological polar surface area (TPSA) is 300 Å². The summed E-state index contributed by atoms with van der Waals surface area (Å²) in [6, 6.07) is 6.86. The molecule has 0 aliphatic carbocycles. The monoisotopic (exact) mass is 1240 g/mol. The number of aliphatic hydroxyl groups is 4. The van der Waals surface area contributed by atoms with Crippen molar-refractivity contribution in [3.63, 3.8) is 0 Å². The number of allylic oxidation sites excluding steroid dienone is 2. The summed E-state index contributed by atoms with van der Waals surface area (Å²) in [6.07, 6.45) is -3.04. The number of halogens is 3. The number of fused-ring (bicyclic) bond motifs is 1. The predicted molar refractivity (Wildman–Crippen MR) is 318 cm³/mol. The number of amides is 5. The molecule has 4 aromatic rings. The van der Waals surface area contributed by atoms with E-state index >= 15 is 4.39 Å². The van der Waals surface area contributed by atoms with Crippen molar-refractivity contribution in [2.45, 2.75) is 84.9 Å². The van der Waals surface area contributed by atoms with Crippen LogP contribution in [0.25, 0.3) is 26.9 Å². The van der Waals surface area contributed by atoms with Gasteiger partial charge in [-0.25, -0.2) is 18.7 Å². The van der Waals surface area contributed by atoms with E-state index < -0.39 is 82.1 Å². The molecule has 0 unspecified atom stereocenters. The van der Waals surface area contributed by atoms with Gasteiger partial charge < -0.3 is 79.7 Å². The number of hydrogen-bond acceptors (Lipinski definition) is 20. The molecule has 86 heavy (non-hydrogen) atoms. The largest absolute Gasteiger partial charge is 0.508 e. The summed E-state index contributed by atoms with van der Waals surface area (Å²) in [5.74, 6) is -5.16. The first-order valence-electron chi connectivity index (χ1n) is 28.2. The van der Waals surface area contributed by atoms with Crippen LogP contribution in [-0.2, 0) is 47.7 Å². The number of likely N-dealkylation sites (tertiary alicyclic amines) is 1. The number of rotatable bonds is 31. The molecule has 5 amide bonds. The number of carbonyl (C=O) groups is 5. The SMILES string of the molecule is C=C(O)/C(=C(\C)F)c1c(Cl)cc2c(N3CCN(C(=O)C(O)O)CC3)nc(NCCC(=O)N(C)CCOCCOCCOCCOCCOCC(=O)N[C@H](C(=O)N3C[C@H](O)C[C@H]3C(=O)N[C@@H](C)c3ccc(-c4scnc4C)cc3)C(C)(C)C)nc2c1F. The minimum absolute atomic E-state index is 0.0142. The second-order valence-corrected chi connectivity index (χ2v) is 23.0. The highest BCUT2D eigenvalue weighted by atomic mass is 35.5. The molecule has 2 fully saturated rings. The Morgan fingerprint density at radius 3 is 2.07 bits per heavy atom. The number of ether oxygens (including phenoxy) is 5. The van der Waals surface area contributed by atoms with Crippen molar-refractivity contribution in [1.82, 2.24) is 40.3 Å². The fourth-order valence-electron chi connectivity index (χ4n) is 9.61. The normalized spacial score (nSPS) is 16.5. The molecule has 4 atom stereocenters. The van der Waals surface area contributed by atoms with Gasteiger partial charge in [0.1, 0.15) is 41.6 Å². The van der Waals surface area contributed by atoms with Crippen molar-refractivity contribution in [1.29, 1.82) is 0 Å². The van der Waals surface area contributed by atoms with Gasteiger partial charge in [0.25, 0.3) is 5.91 Å². The number of anilines is 2. The van der Waals surface area contributed by atoms with Crippen molar-refractivity contribution >= 4 is 80.7 Å². The van der Waals surface area contributed by atoms with Crippen LogP contribution in [0.3, 0.4) is 0 Å². The summed E-state index contributed by atoms with van der Waals surface area (Å²) in [6.45, 7) is 16.2. The van der Waals surface area contributed by atoms with E-state index in [4.69, 9.17) is 35.3 Å². The molecule has 472 valence electrons. The summed E-state index contributed by atoms with van der Waals surface area (Å²) in [5, 5.41) is 48.1. The summed E-state index contributed by atoms with van der Waals surface area (Å²) in [4.78, 5) is 86.1. The number of carbonyl (C=O) groups excluding carboxylic acids is 5. The Hall–Kier alpha value is -6.53. The number of nitrogens with one attached hydrogen (secondary N) is 3. The van der Waals surface area contributed by atoms with Gasteiger partial charge >= 0.3 is 0 Å². The molecule has 2 aromatic carbocycles. The van der Waals surface area contributed by atoms with Crippen molar-refractivity contribution in [2.24, 2.45) is 5.41 Å². The number of piperazine rings is 1. The molecule has 28 heteroatoms. The zero-order valence-electron chi connectivity index (χ0n) is 49.5. The quantitative estimate of drug-likeness (QED) is 0.0160. The van der Waals surface area contributed by atoms with Gasteiger partial charge in [0.05, 0.1) is 98.3 Å². The highest BCUT2D eigenvalue weighted by Gasteiger charge is 2.45. The molecular weight excluding hydrogens is 1170 g/mol. The molecule has 24 nitrogen and oxygen atoms in total. The first-order valence-corrected chi connectivity index (χ1v) is 29.4. The predicted octanol–water partition coefficient (Wildman–Crippen LogP) is 4.30. The lowest BCUT2D eigenvalue weighted by molar-refractivity contribution is -0.159. The lowest BCUT2D eigenvalue weighted by atomic mass is 9.85. The van der Waals surface area contributed by atoms with E-state index in [9.17, 15) is 48.8 Å². The van der Waals surface area contributed by atoms with Crippen LogP contribution in [-0.4, -0.2) is 223 Å². The molecule has 4 heterocycles. The van der Waals surface area contributed by atoms with Gasteiger partial charge in [0.2, 0.25) is 35.9 Å². The lowest BCUT2D eigenvalue weighted by Crippen LogP contribution is -2.58. The van der Waals surface area contributed by atoms with E-state index in [1.807, 2.05) is 38.1 Å². The van der Waals surface area contributed by atoms with Crippen LogP contribution in [0.4, 0.5) is 20.5 Å². The number of aryl methyl sites for hydroxylation is 1. The minimum Gasteiger partial charge on any atom is -0.508 e. The molecule has 6 rings (SSSR count). The number of aromatic nitrogens is 3. The first-order chi connectivity index (χ1) is 40.9. The summed E-state index contributed by atoms with van der Waals surface area (Å²) in [7, 11) is 1.61. The van der Waals surface area contributed by atoms with Crippen LogP contribution in [0.5, 0.6) is 0 Å². The Kier molecular flexibility index (Phi) is 25.9. The number of hydrogen-bond donors (Lipinski definition) is 7. The lowest BCUT2D eigenvalue weighted by Gasteiger charge is -2.36. The molecule has 2 aliphatic heterocycles. The van der Waals surface area contributed by atoms with E-state index in [1.54, 1.807) is 49.6 Å². The van der Waals surface area contributed by atoms with Crippen LogP contribution in [0.2, 0.25) is 5.02 Å². The van der Waals surface area contributed by atoms with Gasteiger partial charge in [-0.3, -0.25) is 24.0 Å². The Morgan fingerprint density at radius 1 is 0.907 bits per heavy atom. The fraction of sp³-hybridized carbons (Fsp3) is 0.552. The third-order valence-electron chi connectivity index (χ3n) is 14.3. The highest BCUT2D eigenvalue weighted by molar-refractivity contribution is 7.13. The summed E-state index contributed by atoms with van der Waals surface area (Å²) in [5.41, 5.74) is 2.62. The second-order valence-electron chi connectivity index (χ2n) is 21.7. The zero-order chi connectivity index (χ0) is 62.8. The molecular formula is C58H79ClF2N10O14S. The van der Waals surface area contributed by atoms with Gasteiger partial charge in [0.15, 0.2) is 5.82 Å². The average Bonchev–Trinajstić information content (AvgIpc) is 4.01. The van der Waals surface area contributed by atoms with E-state index in [2.05, 4.69) is 37.5 Å². The minimum atomic E-state index is -2.18. The molecule has 2 saturated heterocycles. The van der Waals surface area contributed by atoms with Gasteiger partial charge in [-0.1, -0.05) is 63.2 Å². The van der Waals surface area contributed by atoms with Crippen molar-refractivity contribution < 1.29 is 76.9 Å². The average molecular weight is 1250 g/mol. The van der Waals surface area contributed by atoms with E-state index in [-0.39, 0.29) is 151 Å². The Labute approximate surface area is 507 Å². The maximum absolute atomic E-state index is 16.3. The van der Waals surface area contributed by atoms with Gasteiger partial charge in [-0.2, -0.15) is 4.98 Å². The molecule has 0 bridgehead atoms. The standard InChI is InChI=1S/C58H79ClF2N10O14S/c1-34(60)46(37(4)72)47-42(59)30-41-49(48(47)61)66-57(67-52(41)69-15-17-70(18-16-69)55(78)56(79)80)62-14-13-45(75)68(8)19-20-81-21-22-82-23-24-83-25-26-84-27-28-85-32-44(74)65-51(58(5,6)7)54(77)71-31-40(73)29-43(71)53(76)64-35(2)38-9-11-39(12-10-38)50-36(3)63-33-86-50/h9-12,30,33,35,40,43,51,56,72-73,79-80H,4,13-29,31-32H2,1-3,5-8H3,(H,64,76)(H,65,74)(H,62,66,67)/b46-34-/t35-,40+,43-,51+/m0/s1. The maximum atomic E-state index is 16.3. The van der Waals surface area contributed by atoms with E-state index in [0.717, 1.165) is 28.6 Å². The second kappa shape index (κ2) is 32.4. The van der Waals surface area contributed by atoms with Gasteiger partial charge in [-0.15, -0.1) is 11.3 Å². The number of nitrogens with zero attached hydrogens (tertiary/aromatic N) is 7. The van der Waals surface area contributed by atoms with Crippen molar-refractivity contribution in [2.75, 3.05) is 129 Å². The zero-order valence-corrected chi connectivity index (χ0v) is 51.1. The van der Waals surface area contributed by atoms with Crippen LogP contribution < -0.4 is 20.9 Å². The summed E-state index contributed by atoms with van der Waals surface area (Å²) >= 11 is 8.03. The Balaban J connectivity index is 0.819. The molecule has 0 radical (unpaired) electrons. The molecule has 2 aromatic heterocycles. The maximum Gasteiger partial charge on any atom is 0.279 e. The van der Waals surface area contributed by atoms with E-state index in [1.165, 1.54) is 20.8 Å². The van der Waals surface area contributed by atoms with Gasteiger partial charge in [-0.05, 0) is 43.4 Å². The molecule has 2 aliphatic rings. The summed E-state index contributed by atoms with van der Waals surface area (Å²) < 4.78 is 58.8. The Bertz CT molecular complexity index is 3010. The van der Waals surface area contributed by atoms with Crippen LogP contribution in [0.15, 0.2) is 54.0 Å². The van der Waals surface area contributed by atoms with E-state index in [0.29, 0.717) is 13.2 Å². The van der Waals surface area contributed by atoms with Gasteiger partial charge in [0, 0.05) is 76.7 Å². The molecule has 0 spiro atoms. The number of benzene rings is 2. The number of thiazole rings is 1. The Morgan fingerprint density at radius 2 is 1.51 bits per heavy atom. The third kappa shape index (κ3) is 19.0. The van der Waals surface area contributed by atoms with Crippen molar-refractivity contribution in [3.05, 3.63) is 81.7 Å². The first kappa shape index (κ1) is 68.6. The van der Waals surface area contributed by atoms with Crippen LogP contribution in [0, 0.1) is 18.2 Å². The van der Waals surface area contributed by atoms with Crippen LogP contribution >= 0.6 is 22.9 Å². The fourth-order valence-corrected chi connectivity index (χ4v) is 10.7. The number of β-amino-alcohol motifs (C(OH)–C–C–N with tert-alkyl or cyclic N) is 1.